The number of rotatable bonds is 2. The summed E-state index contributed by atoms with van der Waals surface area (Å²) in [4.78, 5) is 13.8. The van der Waals surface area contributed by atoms with Crippen molar-refractivity contribution in [1.82, 2.24) is 0 Å². The lowest BCUT2D eigenvalue weighted by atomic mass is 10.2. The highest BCUT2D eigenvalue weighted by molar-refractivity contribution is 5.94. The van der Waals surface area contributed by atoms with Crippen LogP contribution in [0.1, 0.15) is 12.8 Å². The van der Waals surface area contributed by atoms with Gasteiger partial charge in [-0.15, -0.1) is 0 Å². The number of hydrogen-bond donors (Lipinski definition) is 1. The van der Waals surface area contributed by atoms with Gasteiger partial charge in [0.2, 0.25) is 5.91 Å². The maximum Gasteiger partial charge on any atom is 0.227 e. The molecule has 1 aliphatic heterocycles. The lowest BCUT2D eigenvalue weighted by molar-refractivity contribution is -0.117. The molecule has 0 radical (unpaired) electrons. The quantitative estimate of drug-likeness (QED) is 0.846. The highest BCUT2D eigenvalue weighted by Gasteiger charge is 2.29. The standard InChI is InChI=1S/C13H16N2O2/c1-15-6-7-17-12-8-10(4-5-11(12)15)14-13(16)9-2-3-9/h4-5,8-9H,2-3,6-7H2,1H3,(H,14,16). The Kier molecular flexibility index (Phi) is 2.42. The second-order valence-electron chi connectivity index (χ2n) is 4.72. The minimum atomic E-state index is 0.133. The fourth-order valence-corrected chi connectivity index (χ4v) is 2.03. The van der Waals surface area contributed by atoms with E-state index in [1.165, 1.54) is 0 Å². The number of benzene rings is 1. The zero-order chi connectivity index (χ0) is 11.8. The summed E-state index contributed by atoms with van der Waals surface area (Å²) in [6.07, 6.45) is 2.05. The van der Waals surface area contributed by atoms with E-state index in [1.807, 2.05) is 25.2 Å². The molecule has 0 atom stereocenters. The Bertz CT molecular complexity index is 455. The Morgan fingerprint density at radius 2 is 2.29 bits per heavy atom. The van der Waals surface area contributed by atoms with Crippen molar-refractivity contribution in [3.8, 4) is 5.75 Å². The smallest absolute Gasteiger partial charge is 0.227 e. The number of anilines is 2. The maximum atomic E-state index is 11.6. The van der Waals surface area contributed by atoms with Gasteiger partial charge in [-0.1, -0.05) is 0 Å². The molecule has 0 bridgehead atoms. The summed E-state index contributed by atoms with van der Waals surface area (Å²) in [5.41, 5.74) is 1.91. The van der Waals surface area contributed by atoms with Crippen LogP contribution in [0.25, 0.3) is 0 Å². The molecule has 90 valence electrons. The van der Waals surface area contributed by atoms with Crippen molar-refractivity contribution in [2.45, 2.75) is 12.8 Å². The first kappa shape index (κ1) is 10.4. The first-order valence-corrected chi connectivity index (χ1v) is 6.03. The van der Waals surface area contributed by atoms with Crippen LogP contribution in [-0.4, -0.2) is 26.1 Å². The highest BCUT2D eigenvalue weighted by atomic mass is 16.5. The molecule has 1 fully saturated rings. The van der Waals surface area contributed by atoms with Crippen molar-refractivity contribution in [3.05, 3.63) is 18.2 Å². The zero-order valence-electron chi connectivity index (χ0n) is 9.90. The van der Waals surface area contributed by atoms with Crippen LogP contribution < -0.4 is 15.0 Å². The van der Waals surface area contributed by atoms with Crippen LogP contribution in [0.3, 0.4) is 0 Å². The average molecular weight is 232 g/mol. The van der Waals surface area contributed by atoms with E-state index in [4.69, 9.17) is 4.74 Å². The van der Waals surface area contributed by atoms with Crippen molar-refractivity contribution >= 4 is 17.3 Å². The molecular formula is C13H16N2O2. The van der Waals surface area contributed by atoms with Crippen LogP contribution in [0.4, 0.5) is 11.4 Å². The largest absolute Gasteiger partial charge is 0.489 e. The van der Waals surface area contributed by atoms with Crippen LogP contribution in [0.15, 0.2) is 18.2 Å². The van der Waals surface area contributed by atoms with E-state index in [2.05, 4.69) is 10.2 Å². The summed E-state index contributed by atoms with van der Waals surface area (Å²) in [7, 11) is 2.05. The minimum Gasteiger partial charge on any atom is -0.489 e. The van der Waals surface area contributed by atoms with E-state index >= 15 is 0 Å². The van der Waals surface area contributed by atoms with Crippen molar-refractivity contribution in [2.75, 3.05) is 30.4 Å². The molecule has 1 aromatic carbocycles. The number of amides is 1. The normalized spacial score (nSPS) is 18.3. The summed E-state index contributed by atoms with van der Waals surface area (Å²) < 4.78 is 5.60. The molecule has 2 aliphatic rings. The van der Waals surface area contributed by atoms with Crippen molar-refractivity contribution in [1.29, 1.82) is 0 Å². The molecule has 4 heteroatoms. The summed E-state index contributed by atoms with van der Waals surface area (Å²) in [5.74, 6) is 1.22. The van der Waals surface area contributed by atoms with Gasteiger partial charge in [-0.05, 0) is 25.0 Å². The summed E-state index contributed by atoms with van der Waals surface area (Å²) >= 11 is 0. The molecule has 1 saturated carbocycles. The summed E-state index contributed by atoms with van der Waals surface area (Å²) in [5, 5.41) is 2.93. The summed E-state index contributed by atoms with van der Waals surface area (Å²) in [6.45, 7) is 1.60. The van der Waals surface area contributed by atoms with Gasteiger partial charge in [-0.3, -0.25) is 4.79 Å². The van der Waals surface area contributed by atoms with Gasteiger partial charge in [0, 0.05) is 24.7 Å². The van der Waals surface area contributed by atoms with E-state index in [-0.39, 0.29) is 11.8 Å². The van der Waals surface area contributed by atoms with E-state index in [0.29, 0.717) is 6.61 Å². The first-order valence-electron chi connectivity index (χ1n) is 6.03. The van der Waals surface area contributed by atoms with Crippen LogP contribution in [0.5, 0.6) is 5.75 Å². The lowest BCUT2D eigenvalue weighted by Crippen LogP contribution is -2.28. The minimum absolute atomic E-state index is 0.133. The fourth-order valence-electron chi connectivity index (χ4n) is 2.03. The lowest BCUT2D eigenvalue weighted by Gasteiger charge is -2.27. The van der Waals surface area contributed by atoms with Crippen molar-refractivity contribution in [2.24, 2.45) is 5.92 Å². The molecule has 0 aromatic heterocycles. The van der Waals surface area contributed by atoms with Gasteiger partial charge in [-0.2, -0.15) is 0 Å². The van der Waals surface area contributed by atoms with Crippen LogP contribution in [-0.2, 0) is 4.79 Å². The molecular weight excluding hydrogens is 216 g/mol. The second-order valence-corrected chi connectivity index (χ2v) is 4.72. The molecule has 1 heterocycles. The third kappa shape index (κ3) is 2.07. The topological polar surface area (TPSA) is 41.6 Å². The number of carbonyl (C=O) groups is 1. The molecule has 1 N–H and O–H groups in total. The molecule has 1 aromatic rings. The van der Waals surface area contributed by atoms with Gasteiger partial charge in [-0.25, -0.2) is 0 Å². The third-order valence-corrected chi connectivity index (χ3v) is 3.27. The highest BCUT2D eigenvalue weighted by Crippen LogP contribution is 2.34. The van der Waals surface area contributed by atoms with Gasteiger partial charge >= 0.3 is 0 Å². The first-order chi connectivity index (χ1) is 8.24. The molecule has 0 unspecified atom stereocenters. The number of carbonyl (C=O) groups excluding carboxylic acids is 1. The number of ether oxygens (including phenoxy) is 1. The predicted molar refractivity (Wildman–Crippen MR) is 66.6 cm³/mol. The SMILES string of the molecule is CN1CCOc2cc(NC(=O)C3CC3)ccc21. The fraction of sp³-hybridized carbons (Fsp3) is 0.462. The number of nitrogens with one attached hydrogen (secondary N) is 1. The number of fused-ring (bicyclic) bond motifs is 1. The Labute approximate surface area is 101 Å². The van der Waals surface area contributed by atoms with Gasteiger partial charge < -0.3 is 15.0 Å². The Morgan fingerprint density at radius 1 is 1.47 bits per heavy atom. The van der Waals surface area contributed by atoms with Gasteiger partial charge in [0.05, 0.1) is 12.2 Å². The van der Waals surface area contributed by atoms with Crippen LogP contribution in [0.2, 0.25) is 0 Å². The molecule has 1 amide bonds. The number of nitrogens with zero attached hydrogens (tertiary/aromatic N) is 1. The van der Waals surface area contributed by atoms with E-state index in [1.54, 1.807) is 0 Å². The van der Waals surface area contributed by atoms with Crippen LogP contribution >= 0.6 is 0 Å². The molecule has 0 saturated heterocycles. The maximum absolute atomic E-state index is 11.6. The molecule has 17 heavy (non-hydrogen) atoms. The Balaban J connectivity index is 1.79. The second kappa shape index (κ2) is 3.95. The number of hydrogen-bond acceptors (Lipinski definition) is 3. The molecule has 3 rings (SSSR count). The third-order valence-electron chi connectivity index (χ3n) is 3.27. The average Bonchev–Trinajstić information content (AvgIpc) is 3.13. The van der Waals surface area contributed by atoms with Crippen molar-refractivity contribution in [3.63, 3.8) is 0 Å². The van der Waals surface area contributed by atoms with Gasteiger partial charge in [0.25, 0.3) is 0 Å². The molecule has 1 aliphatic carbocycles. The van der Waals surface area contributed by atoms with Gasteiger partial charge in [0.15, 0.2) is 0 Å². The zero-order valence-corrected chi connectivity index (χ0v) is 9.90. The Morgan fingerprint density at radius 3 is 3.06 bits per heavy atom. The molecule has 0 spiro atoms. The number of likely N-dealkylation sites (N-methyl/N-ethyl adjacent to an activating group) is 1. The van der Waals surface area contributed by atoms with Crippen molar-refractivity contribution < 1.29 is 9.53 Å². The summed E-state index contributed by atoms with van der Waals surface area (Å²) in [6, 6.07) is 5.84. The molecule has 4 nitrogen and oxygen atoms in total. The van der Waals surface area contributed by atoms with Crippen LogP contribution in [0, 0.1) is 5.92 Å². The van der Waals surface area contributed by atoms with E-state index in [0.717, 1.165) is 36.5 Å². The predicted octanol–water partition coefficient (Wildman–Crippen LogP) is 1.86. The van der Waals surface area contributed by atoms with Gasteiger partial charge in [0.1, 0.15) is 12.4 Å². The van der Waals surface area contributed by atoms with E-state index < -0.39 is 0 Å². The van der Waals surface area contributed by atoms with E-state index in [9.17, 15) is 4.79 Å². The Hall–Kier alpha value is -1.71. The monoisotopic (exact) mass is 232 g/mol.